The number of nitrogens with zero attached hydrogens (tertiary/aromatic N) is 2. The first-order valence-corrected chi connectivity index (χ1v) is 8.28. The zero-order chi connectivity index (χ0) is 16.2. The molecule has 0 aliphatic carbocycles. The Hall–Kier alpha value is -2.14. The first-order chi connectivity index (χ1) is 11.1. The number of amides is 1. The molecule has 1 fully saturated rings. The normalized spacial score (nSPS) is 18.8. The van der Waals surface area contributed by atoms with E-state index in [0.717, 1.165) is 42.9 Å². The number of nitrogens with one attached hydrogen (secondary N) is 2. The lowest BCUT2D eigenvalue weighted by atomic mass is 10.1. The molecule has 1 aliphatic heterocycles. The van der Waals surface area contributed by atoms with E-state index in [2.05, 4.69) is 21.8 Å². The SMILES string of the molecule is Cc1cc(CC(C)NC(=O)C2CCCN2)n(-c2ccccc2)n1. The quantitative estimate of drug-likeness (QED) is 0.887. The zero-order valence-corrected chi connectivity index (χ0v) is 13.7. The third-order valence-electron chi connectivity index (χ3n) is 4.19. The van der Waals surface area contributed by atoms with E-state index in [1.54, 1.807) is 0 Å². The molecule has 0 spiro atoms. The van der Waals surface area contributed by atoms with E-state index < -0.39 is 0 Å². The van der Waals surface area contributed by atoms with Crippen LogP contribution in [0.4, 0.5) is 0 Å². The minimum atomic E-state index is -0.0294. The monoisotopic (exact) mass is 312 g/mol. The summed E-state index contributed by atoms with van der Waals surface area (Å²) >= 11 is 0. The molecule has 122 valence electrons. The predicted octanol–water partition coefficient (Wildman–Crippen LogP) is 1.98. The Morgan fingerprint density at radius 1 is 1.43 bits per heavy atom. The molecule has 1 amide bonds. The highest BCUT2D eigenvalue weighted by Crippen LogP contribution is 2.14. The number of aromatic nitrogens is 2. The molecule has 1 aromatic carbocycles. The Balaban J connectivity index is 1.69. The van der Waals surface area contributed by atoms with Gasteiger partial charge < -0.3 is 10.6 Å². The molecule has 2 N–H and O–H groups in total. The maximum atomic E-state index is 12.2. The van der Waals surface area contributed by atoms with Crippen LogP contribution >= 0.6 is 0 Å². The number of para-hydroxylation sites is 1. The van der Waals surface area contributed by atoms with Crippen molar-refractivity contribution in [3.63, 3.8) is 0 Å². The molecule has 5 nitrogen and oxygen atoms in total. The fourth-order valence-electron chi connectivity index (χ4n) is 3.11. The zero-order valence-electron chi connectivity index (χ0n) is 13.7. The minimum absolute atomic E-state index is 0.0294. The van der Waals surface area contributed by atoms with Crippen molar-refractivity contribution >= 4 is 5.91 Å². The van der Waals surface area contributed by atoms with Crippen LogP contribution in [0.5, 0.6) is 0 Å². The fourth-order valence-corrected chi connectivity index (χ4v) is 3.11. The molecule has 0 radical (unpaired) electrons. The van der Waals surface area contributed by atoms with Gasteiger partial charge in [0.1, 0.15) is 0 Å². The van der Waals surface area contributed by atoms with Gasteiger partial charge in [0.2, 0.25) is 5.91 Å². The first kappa shape index (κ1) is 15.7. The van der Waals surface area contributed by atoms with Crippen molar-refractivity contribution in [2.75, 3.05) is 6.54 Å². The van der Waals surface area contributed by atoms with Crippen LogP contribution < -0.4 is 10.6 Å². The summed E-state index contributed by atoms with van der Waals surface area (Å²) in [4.78, 5) is 12.2. The van der Waals surface area contributed by atoms with Crippen LogP contribution in [0.3, 0.4) is 0 Å². The molecule has 0 saturated carbocycles. The lowest BCUT2D eigenvalue weighted by Gasteiger charge is -2.18. The predicted molar refractivity (Wildman–Crippen MR) is 90.6 cm³/mol. The molecule has 1 aromatic heterocycles. The first-order valence-electron chi connectivity index (χ1n) is 8.28. The van der Waals surface area contributed by atoms with Crippen molar-refractivity contribution in [2.45, 2.75) is 45.2 Å². The number of rotatable bonds is 5. The van der Waals surface area contributed by atoms with E-state index in [9.17, 15) is 4.79 Å². The molecule has 0 bridgehead atoms. The summed E-state index contributed by atoms with van der Waals surface area (Å²) in [6, 6.07) is 12.2. The molecule has 5 heteroatoms. The highest BCUT2D eigenvalue weighted by Gasteiger charge is 2.23. The maximum absolute atomic E-state index is 12.2. The van der Waals surface area contributed by atoms with Gasteiger partial charge in [-0.3, -0.25) is 4.79 Å². The van der Waals surface area contributed by atoms with Gasteiger partial charge in [-0.2, -0.15) is 5.10 Å². The topological polar surface area (TPSA) is 59.0 Å². The molecule has 1 aliphatic rings. The molecule has 3 rings (SSSR count). The third kappa shape index (κ3) is 3.79. The van der Waals surface area contributed by atoms with Crippen LogP contribution in [0.2, 0.25) is 0 Å². The van der Waals surface area contributed by atoms with Gasteiger partial charge in [-0.05, 0) is 51.4 Å². The van der Waals surface area contributed by atoms with Gasteiger partial charge >= 0.3 is 0 Å². The summed E-state index contributed by atoms with van der Waals surface area (Å²) in [6.45, 7) is 4.98. The van der Waals surface area contributed by atoms with Gasteiger partial charge in [-0.1, -0.05) is 18.2 Å². The lowest BCUT2D eigenvalue weighted by Crippen LogP contribution is -2.45. The highest BCUT2D eigenvalue weighted by molar-refractivity contribution is 5.82. The average Bonchev–Trinajstić information content (AvgIpc) is 3.18. The minimum Gasteiger partial charge on any atom is -0.352 e. The van der Waals surface area contributed by atoms with Gasteiger partial charge in [0.05, 0.1) is 17.4 Å². The molecule has 2 atom stereocenters. The molecule has 2 aromatic rings. The van der Waals surface area contributed by atoms with Gasteiger partial charge in [0.25, 0.3) is 0 Å². The molecule has 2 unspecified atom stereocenters. The number of hydrogen-bond acceptors (Lipinski definition) is 3. The molecule has 23 heavy (non-hydrogen) atoms. The number of benzene rings is 1. The second-order valence-corrected chi connectivity index (χ2v) is 6.29. The highest BCUT2D eigenvalue weighted by atomic mass is 16.2. The summed E-state index contributed by atoms with van der Waals surface area (Å²) in [5.41, 5.74) is 3.15. The van der Waals surface area contributed by atoms with Gasteiger partial charge in [0.15, 0.2) is 0 Å². The Labute approximate surface area is 137 Å². The van der Waals surface area contributed by atoms with Crippen LogP contribution in [0.25, 0.3) is 5.69 Å². The standard InChI is InChI=1S/C18H24N4O/c1-13(20-18(23)17-9-6-10-19-17)11-16-12-14(2)21-22(16)15-7-4-3-5-8-15/h3-5,7-8,12-13,17,19H,6,9-11H2,1-2H3,(H,20,23). The fraction of sp³-hybridized carbons (Fsp3) is 0.444. The second-order valence-electron chi connectivity index (χ2n) is 6.29. The number of carbonyl (C=O) groups is 1. The Kier molecular flexibility index (Phi) is 4.76. The second kappa shape index (κ2) is 6.96. The van der Waals surface area contributed by atoms with Crippen molar-refractivity contribution < 1.29 is 4.79 Å². The van der Waals surface area contributed by atoms with Gasteiger partial charge in [-0.25, -0.2) is 4.68 Å². The number of carbonyl (C=O) groups excluding carboxylic acids is 1. The van der Waals surface area contributed by atoms with E-state index >= 15 is 0 Å². The molecular formula is C18H24N4O. The Bertz CT molecular complexity index is 659. The molecule has 2 heterocycles. The van der Waals surface area contributed by atoms with Crippen molar-refractivity contribution in [1.82, 2.24) is 20.4 Å². The molecule has 1 saturated heterocycles. The Morgan fingerprint density at radius 2 is 2.22 bits per heavy atom. The summed E-state index contributed by atoms with van der Waals surface area (Å²) in [6.07, 6.45) is 2.76. The smallest absolute Gasteiger partial charge is 0.237 e. The average molecular weight is 312 g/mol. The van der Waals surface area contributed by atoms with Gasteiger partial charge in [0, 0.05) is 18.2 Å². The largest absolute Gasteiger partial charge is 0.352 e. The maximum Gasteiger partial charge on any atom is 0.237 e. The van der Waals surface area contributed by atoms with E-state index in [4.69, 9.17) is 0 Å². The van der Waals surface area contributed by atoms with Crippen LogP contribution in [0.1, 0.15) is 31.2 Å². The van der Waals surface area contributed by atoms with Crippen LogP contribution in [0, 0.1) is 6.92 Å². The van der Waals surface area contributed by atoms with E-state index in [1.807, 2.05) is 48.9 Å². The summed E-state index contributed by atoms with van der Waals surface area (Å²) < 4.78 is 1.96. The summed E-state index contributed by atoms with van der Waals surface area (Å²) in [5.74, 6) is 0.109. The van der Waals surface area contributed by atoms with Crippen LogP contribution in [-0.2, 0) is 11.2 Å². The lowest BCUT2D eigenvalue weighted by molar-refractivity contribution is -0.123. The number of aryl methyl sites for hydroxylation is 1. The van der Waals surface area contributed by atoms with Crippen molar-refractivity contribution in [3.8, 4) is 5.69 Å². The van der Waals surface area contributed by atoms with Crippen molar-refractivity contribution in [3.05, 3.63) is 47.8 Å². The van der Waals surface area contributed by atoms with E-state index in [-0.39, 0.29) is 18.0 Å². The van der Waals surface area contributed by atoms with Gasteiger partial charge in [-0.15, -0.1) is 0 Å². The van der Waals surface area contributed by atoms with Crippen LogP contribution in [-0.4, -0.2) is 34.3 Å². The van der Waals surface area contributed by atoms with E-state index in [1.165, 1.54) is 0 Å². The number of hydrogen-bond donors (Lipinski definition) is 2. The molecular weight excluding hydrogens is 288 g/mol. The van der Waals surface area contributed by atoms with Crippen molar-refractivity contribution in [2.24, 2.45) is 0 Å². The van der Waals surface area contributed by atoms with Crippen LogP contribution in [0.15, 0.2) is 36.4 Å². The van der Waals surface area contributed by atoms with E-state index in [0.29, 0.717) is 0 Å². The third-order valence-corrected chi connectivity index (χ3v) is 4.19. The summed E-state index contributed by atoms with van der Waals surface area (Å²) in [5, 5.41) is 10.9. The Morgan fingerprint density at radius 3 is 2.91 bits per heavy atom. The van der Waals surface area contributed by atoms with Crippen molar-refractivity contribution in [1.29, 1.82) is 0 Å². The summed E-state index contributed by atoms with van der Waals surface area (Å²) in [7, 11) is 0.